The molecule has 2 rings (SSSR count). The van der Waals surface area contributed by atoms with Crippen LogP contribution in [-0.2, 0) is 6.54 Å². The van der Waals surface area contributed by atoms with E-state index >= 15 is 0 Å². The van der Waals surface area contributed by atoms with Crippen LogP contribution in [-0.4, -0.2) is 10.9 Å². The molecule has 2 aromatic rings. The van der Waals surface area contributed by atoms with Crippen molar-refractivity contribution >= 4 is 23.1 Å². The van der Waals surface area contributed by atoms with Crippen molar-refractivity contribution < 1.29 is 13.6 Å². The summed E-state index contributed by atoms with van der Waals surface area (Å²) in [5.41, 5.74) is 6.31. The van der Waals surface area contributed by atoms with Crippen molar-refractivity contribution in [2.24, 2.45) is 5.73 Å². The fourth-order valence-corrected chi connectivity index (χ4v) is 1.95. The Labute approximate surface area is 125 Å². The Morgan fingerprint density at radius 1 is 1.14 bits per heavy atom. The van der Waals surface area contributed by atoms with Gasteiger partial charge in [0.2, 0.25) is 0 Å². The van der Waals surface area contributed by atoms with Crippen LogP contribution in [0.4, 0.5) is 8.78 Å². The third-order valence-corrected chi connectivity index (χ3v) is 3.09. The second-order valence-corrected chi connectivity index (χ2v) is 4.78. The first-order valence-electron chi connectivity index (χ1n) is 6.10. The summed E-state index contributed by atoms with van der Waals surface area (Å²) in [5.74, 6) is -2.61. The summed E-state index contributed by atoms with van der Waals surface area (Å²) in [6.07, 6.45) is 0. The lowest BCUT2D eigenvalue weighted by atomic mass is 10.1. The van der Waals surface area contributed by atoms with Crippen LogP contribution in [0.15, 0.2) is 42.5 Å². The van der Waals surface area contributed by atoms with E-state index in [1.807, 2.05) is 0 Å². The fourth-order valence-electron chi connectivity index (χ4n) is 1.82. The average molecular weight is 306 g/mol. The van der Waals surface area contributed by atoms with Gasteiger partial charge in [-0.05, 0) is 23.8 Å². The van der Waals surface area contributed by atoms with Gasteiger partial charge in [0.25, 0.3) is 5.91 Å². The standard InChI is InChI=1S/C15H12F2N2OS/c16-11-5-2-6-12(17)13(11)15(20)19-8-9-3-1-4-10(7-9)14(18)21/h1-7H,8H2,(H2,18,21)(H,19,20). The van der Waals surface area contributed by atoms with E-state index in [2.05, 4.69) is 5.32 Å². The zero-order chi connectivity index (χ0) is 15.4. The third kappa shape index (κ3) is 3.61. The fraction of sp³-hybridized carbons (Fsp3) is 0.0667. The SMILES string of the molecule is NC(=S)c1cccc(CNC(=O)c2c(F)cccc2F)c1. The lowest BCUT2D eigenvalue weighted by Gasteiger charge is -2.08. The number of rotatable bonds is 4. The minimum atomic E-state index is -0.899. The molecule has 0 saturated heterocycles. The molecule has 2 aromatic carbocycles. The summed E-state index contributed by atoms with van der Waals surface area (Å²) in [6.45, 7) is 0.114. The predicted octanol–water partition coefficient (Wildman–Crippen LogP) is 2.53. The van der Waals surface area contributed by atoms with Crippen molar-refractivity contribution in [2.45, 2.75) is 6.54 Å². The van der Waals surface area contributed by atoms with Crippen LogP contribution in [0.25, 0.3) is 0 Å². The van der Waals surface area contributed by atoms with Gasteiger partial charge in [-0.25, -0.2) is 8.78 Å². The van der Waals surface area contributed by atoms with Gasteiger partial charge in [0, 0.05) is 12.1 Å². The molecule has 0 aliphatic carbocycles. The van der Waals surface area contributed by atoms with Gasteiger partial charge >= 0.3 is 0 Å². The maximum Gasteiger partial charge on any atom is 0.257 e. The molecule has 3 nitrogen and oxygen atoms in total. The van der Waals surface area contributed by atoms with Crippen LogP contribution in [0.5, 0.6) is 0 Å². The lowest BCUT2D eigenvalue weighted by molar-refractivity contribution is 0.0942. The molecule has 0 saturated carbocycles. The molecule has 108 valence electrons. The van der Waals surface area contributed by atoms with Gasteiger partial charge in [-0.3, -0.25) is 4.79 Å². The number of halogens is 2. The highest BCUT2D eigenvalue weighted by molar-refractivity contribution is 7.80. The smallest absolute Gasteiger partial charge is 0.257 e. The Bertz CT molecular complexity index is 684. The van der Waals surface area contributed by atoms with Crippen LogP contribution in [0.1, 0.15) is 21.5 Å². The van der Waals surface area contributed by atoms with Crippen molar-refractivity contribution in [1.82, 2.24) is 5.32 Å². The van der Waals surface area contributed by atoms with E-state index in [4.69, 9.17) is 18.0 Å². The number of amides is 1. The number of benzene rings is 2. The van der Waals surface area contributed by atoms with Gasteiger partial charge in [-0.1, -0.05) is 36.5 Å². The van der Waals surface area contributed by atoms with E-state index < -0.39 is 23.1 Å². The van der Waals surface area contributed by atoms with Gasteiger partial charge in [-0.15, -0.1) is 0 Å². The summed E-state index contributed by atoms with van der Waals surface area (Å²) in [5, 5.41) is 2.46. The first kappa shape index (κ1) is 15.1. The predicted molar refractivity (Wildman–Crippen MR) is 79.9 cm³/mol. The molecule has 21 heavy (non-hydrogen) atoms. The van der Waals surface area contributed by atoms with Gasteiger partial charge in [0.15, 0.2) is 0 Å². The number of carbonyl (C=O) groups excluding carboxylic acids is 1. The van der Waals surface area contributed by atoms with E-state index in [9.17, 15) is 13.6 Å². The summed E-state index contributed by atoms with van der Waals surface area (Å²) in [7, 11) is 0. The molecular formula is C15H12F2N2OS. The molecule has 0 unspecified atom stereocenters. The topological polar surface area (TPSA) is 55.1 Å². The van der Waals surface area contributed by atoms with Crippen molar-refractivity contribution in [2.75, 3.05) is 0 Å². The van der Waals surface area contributed by atoms with Crippen molar-refractivity contribution in [3.8, 4) is 0 Å². The van der Waals surface area contributed by atoms with Crippen molar-refractivity contribution in [1.29, 1.82) is 0 Å². The van der Waals surface area contributed by atoms with E-state index in [-0.39, 0.29) is 11.5 Å². The zero-order valence-electron chi connectivity index (χ0n) is 10.9. The third-order valence-electron chi connectivity index (χ3n) is 2.85. The molecule has 0 heterocycles. The van der Waals surface area contributed by atoms with Crippen LogP contribution in [0, 0.1) is 11.6 Å². The number of nitrogens with two attached hydrogens (primary N) is 1. The average Bonchev–Trinajstić information content (AvgIpc) is 2.45. The minimum Gasteiger partial charge on any atom is -0.389 e. The lowest BCUT2D eigenvalue weighted by Crippen LogP contribution is -2.25. The van der Waals surface area contributed by atoms with Gasteiger partial charge in [-0.2, -0.15) is 0 Å². The summed E-state index contributed by atoms with van der Waals surface area (Å²) >= 11 is 4.86. The molecular weight excluding hydrogens is 294 g/mol. The number of hydrogen-bond donors (Lipinski definition) is 2. The normalized spacial score (nSPS) is 10.2. The molecule has 0 atom stereocenters. The first-order chi connectivity index (χ1) is 9.99. The highest BCUT2D eigenvalue weighted by Crippen LogP contribution is 2.12. The van der Waals surface area contributed by atoms with Gasteiger partial charge < -0.3 is 11.1 Å². The summed E-state index contributed by atoms with van der Waals surface area (Å²) < 4.78 is 26.9. The second-order valence-electron chi connectivity index (χ2n) is 4.34. The van der Waals surface area contributed by atoms with E-state index in [0.717, 1.165) is 17.7 Å². The highest BCUT2D eigenvalue weighted by atomic mass is 32.1. The molecule has 0 radical (unpaired) electrons. The highest BCUT2D eigenvalue weighted by Gasteiger charge is 2.16. The van der Waals surface area contributed by atoms with Gasteiger partial charge in [0.1, 0.15) is 22.2 Å². The Morgan fingerprint density at radius 3 is 2.38 bits per heavy atom. The maximum absolute atomic E-state index is 13.5. The number of nitrogens with one attached hydrogen (secondary N) is 1. The number of carbonyl (C=O) groups is 1. The number of hydrogen-bond acceptors (Lipinski definition) is 2. The molecule has 0 spiro atoms. The van der Waals surface area contributed by atoms with Crippen LogP contribution in [0.2, 0.25) is 0 Å². The van der Waals surface area contributed by atoms with E-state index in [1.165, 1.54) is 6.07 Å². The molecule has 0 aromatic heterocycles. The van der Waals surface area contributed by atoms with Crippen molar-refractivity contribution in [3.63, 3.8) is 0 Å². The molecule has 3 N–H and O–H groups in total. The quantitative estimate of drug-likeness (QED) is 0.854. The van der Waals surface area contributed by atoms with Gasteiger partial charge in [0.05, 0.1) is 0 Å². The van der Waals surface area contributed by atoms with Crippen LogP contribution < -0.4 is 11.1 Å². The van der Waals surface area contributed by atoms with E-state index in [1.54, 1.807) is 24.3 Å². The van der Waals surface area contributed by atoms with Crippen molar-refractivity contribution in [3.05, 3.63) is 70.8 Å². The Hall–Kier alpha value is -2.34. The minimum absolute atomic E-state index is 0.114. The van der Waals surface area contributed by atoms with Crippen LogP contribution in [0.3, 0.4) is 0 Å². The zero-order valence-corrected chi connectivity index (χ0v) is 11.7. The molecule has 0 aliphatic heterocycles. The Morgan fingerprint density at radius 2 is 1.76 bits per heavy atom. The summed E-state index contributed by atoms with van der Waals surface area (Å²) in [6, 6.07) is 10.2. The molecule has 6 heteroatoms. The second kappa shape index (κ2) is 6.41. The molecule has 0 aliphatic rings. The molecule has 0 bridgehead atoms. The van der Waals surface area contributed by atoms with E-state index in [0.29, 0.717) is 5.56 Å². The number of thiocarbonyl (C=S) groups is 1. The molecule has 1 amide bonds. The summed E-state index contributed by atoms with van der Waals surface area (Å²) in [4.78, 5) is 12.1. The Balaban J connectivity index is 2.11. The monoisotopic (exact) mass is 306 g/mol. The maximum atomic E-state index is 13.5. The first-order valence-corrected chi connectivity index (χ1v) is 6.51. The van der Waals surface area contributed by atoms with Crippen LogP contribution >= 0.6 is 12.2 Å². The molecule has 0 fully saturated rings. The largest absolute Gasteiger partial charge is 0.389 e. The Kier molecular flexibility index (Phi) is 4.59.